The molecule has 3 nitrogen and oxygen atoms in total. The molecule has 0 saturated heterocycles. The molecule has 1 aromatic carbocycles. The van der Waals surface area contributed by atoms with Crippen molar-refractivity contribution in [3.8, 4) is 0 Å². The maximum absolute atomic E-state index is 13.6. The Morgan fingerprint density at radius 1 is 1.32 bits per heavy atom. The van der Waals surface area contributed by atoms with Crippen LogP contribution < -0.4 is 11.3 Å². The molecular formula is C14H18FN3S. The molecule has 0 aliphatic rings. The van der Waals surface area contributed by atoms with Crippen LogP contribution in [0, 0.1) is 19.7 Å². The monoisotopic (exact) mass is 279 g/mol. The van der Waals surface area contributed by atoms with Crippen molar-refractivity contribution in [1.29, 1.82) is 0 Å². The van der Waals surface area contributed by atoms with Crippen LogP contribution in [0.15, 0.2) is 24.3 Å². The van der Waals surface area contributed by atoms with Crippen molar-refractivity contribution in [2.45, 2.75) is 32.7 Å². The molecule has 0 saturated carbocycles. The molecule has 0 fully saturated rings. The lowest BCUT2D eigenvalue weighted by Gasteiger charge is -2.14. The third-order valence-corrected chi connectivity index (χ3v) is 4.25. The normalized spacial score (nSPS) is 12.6. The van der Waals surface area contributed by atoms with Gasteiger partial charge >= 0.3 is 0 Å². The number of hydrogen-bond acceptors (Lipinski definition) is 4. The Kier molecular flexibility index (Phi) is 4.63. The Morgan fingerprint density at radius 3 is 2.63 bits per heavy atom. The number of nitrogens with two attached hydrogens (primary N) is 1. The van der Waals surface area contributed by atoms with Crippen molar-refractivity contribution in [2.24, 2.45) is 5.84 Å². The third-order valence-electron chi connectivity index (χ3n) is 3.15. The van der Waals surface area contributed by atoms with Gasteiger partial charge in [-0.3, -0.25) is 11.3 Å². The molecule has 0 aliphatic heterocycles. The van der Waals surface area contributed by atoms with Gasteiger partial charge in [0.05, 0.1) is 10.7 Å². The highest BCUT2D eigenvalue weighted by Crippen LogP contribution is 2.19. The Hall–Kier alpha value is -1.30. The summed E-state index contributed by atoms with van der Waals surface area (Å²) in [7, 11) is 0. The standard InChI is InChI=1S/C14H18FN3S/c1-9-10(2)19-14(17-9)8-12(18-16)7-11-5-3-4-6-13(11)15/h3-6,12,18H,7-8,16H2,1-2H3. The quantitative estimate of drug-likeness (QED) is 0.653. The summed E-state index contributed by atoms with van der Waals surface area (Å²) >= 11 is 1.67. The molecule has 102 valence electrons. The molecule has 3 N–H and O–H groups in total. The van der Waals surface area contributed by atoms with Gasteiger partial charge in [-0.2, -0.15) is 0 Å². The molecule has 5 heteroatoms. The number of nitrogens with one attached hydrogen (secondary N) is 1. The maximum Gasteiger partial charge on any atom is 0.126 e. The summed E-state index contributed by atoms with van der Waals surface area (Å²) in [6.45, 7) is 4.05. The minimum Gasteiger partial charge on any atom is -0.271 e. The maximum atomic E-state index is 13.6. The van der Waals surface area contributed by atoms with Gasteiger partial charge < -0.3 is 0 Å². The van der Waals surface area contributed by atoms with Crippen LogP contribution in [0.4, 0.5) is 4.39 Å². The summed E-state index contributed by atoms with van der Waals surface area (Å²) in [4.78, 5) is 5.71. The second-order valence-electron chi connectivity index (χ2n) is 4.61. The van der Waals surface area contributed by atoms with E-state index in [1.54, 1.807) is 23.5 Å². The number of nitrogens with zero attached hydrogens (tertiary/aromatic N) is 1. The smallest absolute Gasteiger partial charge is 0.126 e. The van der Waals surface area contributed by atoms with Gasteiger partial charge in [-0.15, -0.1) is 11.3 Å². The van der Waals surface area contributed by atoms with Crippen LogP contribution in [0.2, 0.25) is 0 Å². The number of halogens is 1. The number of aryl methyl sites for hydroxylation is 2. The fourth-order valence-electron chi connectivity index (χ4n) is 1.96. The van der Waals surface area contributed by atoms with Crippen LogP contribution in [0.1, 0.15) is 21.1 Å². The van der Waals surface area contributed by atoms with E-state index in [9.17, 15) is 4.39 Å². The number of hydrogen-bond donors (Lipinski definition) is 2. The molecule has 0 aliphatic carbocycles. The summed E-state index contributed by atoms with van der Waals surface area (Å²) in [5.74, 6) is 5.38. The Labute approximate surface area is 116 Å². The molecule has 1 heterocycles. The van der Waals surface area contributed by atoms with Crippen LogP contribution in [0.25, 0.3) is 0 Å². The number of hydrazine groups is 1. The highest BCUT2D eigenvalue weighted by molar-refractivity contribution is 7.11. The van der Waals surface area contributed by atoms with E-state index in [4.69, 9.17) is 5.84 Å². The minimum atomic E-state index is -0.186. The van der Waals surface area contributed by atoms with Crippen molar-refractivity contribution in [3.63, 3.8) is 0 Å². The number of benzene rings is 1. The molecule has 1 unspecified atom stereocenters. The van der Waals surface area contributed by atoms with Crippen LogP contribution in [0.3, 0.4) is 0 Å². The molecular weight excluding hydrogens is 261 g/mol. The van der Waals surface area contributed by atoms with Crippen molar-refractivity contribution in [2.75, 3.05) is 0 Å². The molecule has 1 aromatic heterocycles. The summed E-state index contributed by atoms with van der Waals surface area (Å²) in [6, 6.07) is 6.78. The second kappa shape index (κ2) is 6.23. The van der Waals surface area contributed by atoms with Gasteiger partial charge in [-0.25, -0.2) is 9.37 Å². The van der Waals surface area contributed by atoms with Gasteiger partial charge in [0.25, 0.3) is 0 Å². The van der Waals surface area contributed by atoms with Gasteiger partial charge in [0.2, 0.25) is 0 Å². The van der Waals surface area contributed by atoms with Gasteiger partial charge in [0.1, 0.15) is 5.82 Å². The van der Waals surface area contributed by atoms with E-state index in [-0.39, 0.29) is 11.9 Å². The van der Waals surface area contributed by atoms with E-state index in [1.807, 2.05) is 13.0 Å². The number of aromatic nitrogens is 1. The minimum absolute atomic E-state index is 0.0122. The first-order valence-electron chi connectivity index (χ1n) is 6.22. The highest BCUT2D eigenvalue weighted by atomic mass is 32.1. The zero-order valence-corrected chi connectivity index (χ0v) is 11.9. The van der Waals surface area contributed by atoms with E-state index in [2.05, 4.69) is 17.3 Å². The predicted octanol–water partition coefficient (Wildman–Crippen LogP) is 2.52. The van der Waals surface area contributed by atoms with Crippen LogP contribution in [0.5, 0.6) is 0 Å². The van der Waals surface area contributed by atoms with E-state index in [1.165, 1.54) is 10.9 Å². The summed E-state index contributed by atoms with van der Waals surface area (Å²) in [6.07, 6.45) is 1.27. The zero-order chi connectivity index (χ0) is 13.8. The van der Waals surface area contributed by atoms with Crippen molar-refractivity contribution >= 4 is 11.3 Å². The summed E-state index contributed by atoms with van der Waals surface area (Å²) in [5, 5.41) is 1.04. The molecule has 0 amide bonds. The van der Waals surface area contributed by atoms with Gasteiger partial charge in [0.15, 0.2) is 0 Å². The van der Waals surface area contributed by atoms with Crippen molar-refractivity contribution in [3.05, 3.63) is 51.2 Å². The first-order chi connectivity index (χ1) is 9.10. The van der Waals surface area contributed by atoms with E-state index < -0.39 is 0 Å². The van der Waals surface area contributed by atoms with Gasteiger partial charge in [-0.05, 0) is 31.9 Å². The zero-order valence-electron chi connectivity index (χ0n) is 11.1. The Bertz CT molecular complexity index is 534. The van der Waals surface area contributed by atoms with E-state index in [0.717, 1.165) is 10.7 Å². The molecule has 0 radical (unpaired) electrons. The largest absolute Gasteiger partial charge is 0.271 e. The SMILES string of the molecule is Cc1nc(CC(Cc2ccccc2F)NN)sc1C. The highest BCUT2D eigenvalue weighted by Gasteiger charge is 2.14. The van der Waals surface area contributed by atoms with Gasteiger partial charge in [0, 0.05) is 17.3 Å². The molecule has 0 spiro atoms. The van der Waals surface area contributed by atoms with Crippen LogP contribution in [-0.2, 0) is 12.8 Å². The lowest BCUT2D eigenvalue weighted by molar-refractivity contribution is 0.505. The molecule has 0 bridgehead atoms. The number of rotatable bonds is 5. The van der Waals surface area contributed by atoms with E-state index >= 15 is 0 Å². The first-order valence-corrected chi connectivity index (χ1v) is 7.04. The van der Waals surface area contributed by atoms with E-state index in [0.29, 0.717) is 18.4 Å². The van der Waals surface area contributed by atoms with Crippen LogP contribution >= 0.6 is 11.3 Å². The lowest BCUT2D eigenvalue weighted by atomic mass is 10.0. The summed E-state index contributed by atoms with van der Waals surface area (Å²) in [5.41, 5.74) is 4.49. The third kappa shape index (κ3) is 3.59. The fourth-order valence-corrected chi connectivity index (χ4v) is 2.97. The predicted molar refractivity (Wildman–Crippen MR) is 76.5 cm³/mol. The Morgan fingerprint density at radius 2 is 2.05 bits per heavy atom. The molecule has 2 rings (SSSR count). The van der Waals surface area contributed by atoms with Crippen LogP contribution in [-0.4, -0.2) is 11.0 Å². The summed E-state index contributed by atoms with van der Waals surface area (Å²) < 4.78 is 13.6. The topological polar surface area (TPSA) is 50.9 Å². The average Bonchev–Trinajstić information content (AvgIpc) is 2.70. The van der Waals surface area contributed by atoms with Gasteiger partial charge in [-0.1, -0.05) is 18.2 Å². The second-order valence-corrected chi connectivity index (χ2v) is 5.90. The molecule has 1 atom stereocenters. The van der Waals surface area contributed by atoms with Crippen molar-refractivity contribution in [1.82, 2.24) is 10.4 Å². The molecule has 19 heavy (non-hydrogen) atoms. The lowest BCUT2D eigenvalue weighted by Crippen LogP contribution is -2.38. The average molecular weight is 279 g/mol. The van der Waals surface area contributed by atoms with Crippen molar-refractivity contribution < 1.29 is 4.39 Å². The first kappa shape index (κ1) is 14.1. The molecule has 2 aromatic rings. The number of thiazole rings is 1. The Balaban J connectivity index is 2.07. The fraction of sp³-hybridized carbons (Fsp3) is 0.357.